The Bertz CT molecular complexity index is 229. The lowest BCUT2D eigenvalue weighted by molar-refractivity contribution is 0.171. The molecule has 1 atom stereocenters. The van der Waals surface area contributed by atoms with Crippen LogP contribution in [0.25, 0.3) is 0 Å². The van der Waals surface area contributed by atoms with Gasteiger partial charge in [-0.3, -0.25) is 4.90 Å². The summed E-state index contributed by atoms with van der Waals surface area (Å²) in [6, 6.07) is 0.370. The van der Waals surface area contributed by atoms with Crippen LogP contribution >= 0.6 is 0 Å². The summed E-state index contributed by atoms with van der Waals surface area (Å²) in [4.78, 5) is 2.30. The zero-order valence-corrected chi connectivity index (χ0v) is 10.5. The van der Waals surface area contributed by atoms with Crippen molar-refractivity contribution < 1.29 is 5.11 Å². The zero-order chi connectivity index (χ0) is 11.6. The lowest BCUT2D eigenvalue weighted by Crippen LogP contribution is -2.32. The molecule has 0 aromatic heterocycles. The summed E-state index contributed by atoms with van der Waals surface area (Å²) in [5.41, 5.74) is 0. The Morgan fingerprint density at radius 3 is 2.88 bits per heavy atom. The van der Waals surface area contributed by atoms with E-state index in [9.17, 15) is 0 Å². The first kappa shape index (κ1) is 13.5. The molecule has 0 aromatic rings. The molecule has 0 aliphatic carbocycles. The van der Waals surface area contributed by atoms with Gasteiger partial charge < -0.3 is 5.11 Å². The minimum atomic E-state index is 0.290. The smallest absolute Gasteiger partial charge is 0.0604 e. The van der Waals surface area contributed by atoms with Crippen molar-refractivity contribution in [2.75, 3.05) is 19.7 Å². The minimum Gasteiger partial charge on any atom is -0.395 e. The van der Waals surface area contributed by atoms with E-state index in [0.29, 0.717) is 6.04 Å². The molecule has 1 saturated heterocycles. The Labute approximate surface area is 100 Å². The minimum absolute atomic E-state index is 0.290. The van der Waals surface area contributed by atoms with E-state index in [2.05, 4.69) is 23.7 Å². The molecule has 0 aromatic carbocycles. The molecule has 92 valence electrons. The summed E-state index contributed by atoms with van der Waals surface area (Å²) in [7, 11) is 0. The zero-order valence-electron chi connectivity index (χ0n) is 10.5. The SMILES string of the molecule is CCCCCCC#CCN1CCC[C@H]1CO. The third-order valence-corrected chi connectivity index (χ3v) is 3.27. The van der Waals surface area contributed by atoms with Gasteiger partial charge in [0.25, 0.3) is 0 Å². The van der Waals surface area contributed by atoms with Gasteiger partial charge >= 0.3 is 0 Å². The van der Waals surface area contributed by atoms with Gasteiger partial charge in [-0.2, -0.15) is 0 Å². The maximum atomic E-state index is 9.15. The van der Waals surface area contributed by atoms with Crippen molar-refractivity contribution in [3.63, 3.8) is 0 Å². The maximum absolute atomic E-state index is 9.15. The Hall–Kier alpha value is -0.520. The van der Waals surface area contributed by atoms with Crippen molar-refractivity contribution in [1.82, 2.24) is 4.90 Å². The first-order valence-corrected chi connectivity index (χ1v) is 6.69. The summed E-state index contributed by atoms with van der Waals surface area (Å²) < 4.78 is 0. The standard InChI is InChI=1S/C14H25NO/c1-2-3-4-5-6-7-8-11-15-12-9-10-14(15)13-16/h14,16H,2-6,9-13H2,1H3/t14-/m0/s1. The van der Waals surface area contributed by atoms with Gasteiger partial charge in [0.1, 0.15) is 0 Å². The monoisotopic (exact) mass is 223 g/mol. The summed E-state index contributed by atoms with van der Waals surface area (Å²) in [6.07, 6.45) is 8.56. The first-order chi connectivity index (χ1) is 7.88. The molecule has 1 aliphatic rings. The number of hydrogen-bond donors (Lipinski definition) is 1. The van der Waals surface area contributed by atoms with Crippen LogP contribution in [0.1, 0.15) is 51.9 Å². The lowest BCUT2D eigenvalue weighted by Gasteiger charge is -2.19. The van der Waals surface area contributed by atoms with Crippen LogP contribution in [0, 0.1) is 11.8 Å². The van der Waals surface area contributed by atoms with Crippen LogP contribution < -0.4 is 0 Å². The van der Waals surface area contributed by atoms with Gasteiger partial charge in [0.05, 0.1) is 13.2 Å². The second kappa shape index (κ2) is 8.61. The molecule has 1 aliphatic heterocycles. The van der Waals surface area contributed by atoms with Gasteiger partial charge in [-0.25, -0.2) is 0 Å². The lowest BCUT2D eigenvalue weighted by atomic mass is 10.1. The number of aliphatic hydroxyl groups is 1. The fourth-order valence-electron chi connectivity index (χ4n) is 2.20. The molecule has 0 radical (unpaired) electrons. The summed E-state index contributed by atoms with van der Waals surface area (Å²) >= 11 is 0. The van der Waals surface area contributed by atoms with Gasteiger partial charge in [-0.05, 0) is 25.8 Å². The van der Waals surface area contributed by atoms with Gasteiger partial charge in [0, 0.05) is 12.5 Å². The van der Waals surface area contributed by atoms with E-state index in [4.69, 9.17) is 5.11 Å². The molecule has 0 amide bonds. The Balaban J connectivity index is 2.07. The predicted octanol–water partition coefficient (Wildman–Crippen LogP) is 2.42. The quantitative estimate of drug-likeness (QED) is 0.552. The van der Waals surface area contributed by atoms with Gasteiger partial charge in [0.15, 0.2) is 0 Å². The highest BCUT2D eigenvalue weighted by Gasteiger charge is 2.22. The normalized spacial score (nSPS) is 20.8. The van der Waals surface area contributed by atoms with Crippen LogP contribution in [0.2, 0.25) is 0 Å². The molecule has 1 N–H and O–H groups in total. The highest BCUT2D eigenvalue weighted by molar-refractivity contribution is 5.02. The van der Waals surface area contributed by atoms with Crippen LogP contribution in [0.4, 0.5) is 0 Å². The van der Waals surface area contributed by atoms with E-state index in [1.165, 1.54) is 32.1 Å². The van der Waals surface area contributed by atoms with Crippen molar-refractivity contribution in [2.45, 2.75) is 57.9 Å². The second-order valence-corrected chi connectivity index (χ2v) is 4.61. The molecular formula is C14H25NO. The van der Waals surface area contributed by atoms with Crippen LogP contribution in [0.3, 0.4) is 0 Å². The molecule has 0 unspecified atom stereocenters. The van der Waals surface area contributed by atoms with Crippen LogP contribution in [-0.2, 0) is 0 Å². The van der Waals surface area contributed by atoms with Crippen molar-refractivity contribution in [1.29, 1.82) is 0 Å². The van der Waals surface area contributed by atoms with Gasteiger partial charge in [-0.1, -0.05) is 32.1 Å². The van der Waals surface area contributed by atoms with E-state index >= 15 is 0 Å². The molecule has 0 spiro atoms. The maximum Gasteiger partial charge on any atom is 0.0604 e. The molecular weight excluding hydrogens is 198 g/mol. The van der Waals surface area contributed by atoms with Crippen molar-refractivity contribution >= 4 is 0 Å². The Kier molecular flexibility index (Phi) is 7.29. The molecule has 0 saturated carbocycles. The molecule has 1 heterocycles. The Morgan fingerprint density at radius 2 is 2.12 bits per heavy atom. The van der Waals surface area contributed by atoms with E-state index in [-0.39, 0.29) is 6.61 Å². The third kappa shape index (κ3) is 5.01. The highest BCUT2D eigenvalue weighted by Crippen LogP contribution is 2.15. The summed E-state index contributed by atoms with van der Waals surface area (Å²) in [5.74, 6) is 6.48. The van der Waals surface area contributed by atoms with E-state index in [0.717, 1.165) is 25.9 Å². The summed E-state index contributed by atoms with van der Waals surface area (Å²) in [6.45, 7) is 4.47. The predicted molar refractivity (Wildman–Crippen MR) is 68.2 cm³/mol. The van der Waals surface area contributed by atoms with Crippen molar-refractivity contribution in [3.05, 3.63) is 0 Å². The number of unbranched alkanes of at least 4 members (excludes halogenated alkanes) is 4. The largest absolute Gasteiger partial charge is 0.395 e. The number of rotatable bonds is 6. The van der Waals surface area contributed by atoms with Gasteiger partial charge in [0.2, 0.25) is 0 Å². The van der Waals surface area contributed by atoms with Gasteiger partial charge in [-0.15, -0.1) is 5.92 Å². The topological polar surface area (TPSA) is 23.5 Å². The average Bonchev–Trinajstić information content (AvgIpc) is 2.75. The number of nitrogens with zero attached hydrogens (tertiary/aromatic N) is 1. The molecule has 0 bridgehead atoms. The van der Waals surface area contributed by atoms with Crippen LogP contribution in [-0.4, -0.2) is 35.7 Å². The molecule has 16 heavy (non-hydrogen) atoms. The third-order valence-electron chi connectivity index (χ3n) is 3.27. The van der Waals surface area contributed by atoms with Crippen molar-refractivity contribution in [2.24, 2.45) is 0 Å². The number of likely N-dealkylation sites (tertiary alicyclic amines) is 1. The number of hydrogen-bond acceptors (Lipinski definition) is 2. The highest BCUT2D eigenvalue weighted by atomic mass is 16.3. The molecule has 2 heteroatoms. The van der Waals surface area contributed by atoms with E-state index < -0.39 is 0 Å². The summed E-state index contributed by atoms with van der Waals surface area (Å²) in [5, 5.41) is 9.15. The second-order valence-electron chi connectivity index (χ2n) is 4.61. The number of aliphatic hydroxyl groups excluding tert-OH is 1. The molecule has 1 fully saturated rings. The van der Waals surface area contributed by atoms with Crippen molar-refractivity contribution in [3.8, 4) is 11.8 Å². The molecule has 2 nitrogen and oxygen atoms in total. The van der Waals surface area contributed by atoms with Crippen LogP contribution in [0.15, 0.2) is 0 Å². The first-order valence-electron chi connectivity index (χ1n) is 6.69. The fraction of sp³-hybridized carbons (Fsp3) is 0.857. The Morgan fingerprint density at radius 1 is 1.25 bits per heavy atom. The van der Waals surface area contributed by atoms with E-state index in [1.54, 1.807) is 0 Å². The van der Waals surface area contributed by atoms with E-state index in [1.807, 2.05) is 0 Å². The molecule has 1 rings (SSSR count). The average molecular weight is 223 g/mol. The van der Waals surface area contributed by atoms with Crippen LogP contribution in [0.5, 0.6) is 0 Å². The fourth-order valence-corrected chi connectivity index (χ4v) is 2.20.